The van der Waals surface area contributed by atoms with Crippen LogP contribution in [-0.4, -0.2) is 55.5 Å². The summed E-state index contributed by atoms with van der Waals surface area (Å²) >= 11 is 1.72. The smallest absolute Gasteiger partial charge is 0.243 e. The highest BCUT2D eigenvalue weighted by Crippen LogP contribution is 2.12. The number of likely N-dealkylation sites (N-methyl/N-ethyl adjacent to an activating group) is 1. The van der Waals surface area contributed by atoms with E-state index in [1.165, 1.54) is 24.1 Å². The maximum Gasteiger partial charge on any atom is 0.243 e. The number of aliphatic imine (C=N–C) groups is 1. The van der Waals surface area contributed by atoms with E-state index in [-0.39, 0.29) is 36.4 Å². The quantitative estimate of drug-likeness (QED) is 0.273. The Labute approximate surface area is 185 Å². The first-order valence-corrected chi connectivity index (χ1v) is 10.4. The molecule has 0 aromatic carbocycles. The average Bonchev–Trinajstić information content (AvgIpc) is 3.03. The first-order valence-electron chi connectivity index (χ1n) is 9.59. The van der Waals surface area contributed by atoms with Gasteiger partial charge in [-0.2, -0.15) is 0 Å². The lowest BCUT2D eigenvalue weighted by molar-refractivity contribution is -0.127. The van der Waals surface area contributed by atoms with Crippen molar-refractivity contribution in [1.82, 2.24) is 20.5 Å². The molecule has 0 saturated heterocycles. The molecule has 0 radical (unpaired) electrons. The molecule has 0 aliphatic carbocycles. The highest BCUT2D eigenvalue weighted by molar-refractivity contribution is 14.0. The number of thiazole rings is 1. The Balaban J connectivity index is 0.00000676. The minimum Gasteiger partial charge on any atom is -0.356 e. The van der Waals surface area contributed by atoms with Crippen molar-refractivity contribution in [3.8, 4) is 0 Å². The summed E-state index contributed by atoms with van der Waals surface area (Å²) in [6.07, 6.45) is 7.61. The van der Waals surface area contributed by atoms with Crippen LogP contribution in [0, 0.1) is 12.8 Å². The summed E-state index contributed by atoms with van der Waals surface area (Å²) < 4.78 is 0. The van der Waals surface area contributed by atoms with Gasteiger partial charge in [-0.25, -0.2) is 9.98 Å². The molecule has 1 amide bonds. The molecule has 1 aromatic rings. The molecule has 2 N–H and O–H groups in total. The summed E-state index contributed by atoms with van der Waals surface area (Å²) in [4.78, 5) is 23.5. The van der Waals surface area contributed by atoms with E-state index in [1.54, 1.807) is 30.3 Å². The number of carbonyl (C=O) groups is 1. The maximum atomic E-state index is 11.8. The second-order valence-electron chi connectivity index (χ2n) is 6.79. The average molecular weight is 510 g/mol. The van der Waals surface area contributed by atoms with Crippen molar-refractivity contribution in [3.63, 3.8) is 0 Å². The van der Waals surface area contributed by atoms with Gasteiger partial charge >= 0.3 is 0 Å². The van der Waals surface area contributed by atoms with Crippen molar-refractivity contribution in [2.75, 3.05) is 33.7 Å². The molecule has 1 heterocycles. The molecule has 1 aromatic heterocycles. The summed E-state index contributed by atoms with van der Waals surface area (Å²) in [5, 5.41) is 7.88. The second kappa shape index (κ2) is 15.1. The van der Waals surface area contributed by atoms with Gasteiger partial charge in [0.1, 0.15) is 6.54 Å². The minimum absolute atomic E-state index is 0. The number of rotatable bonds is 11. The van der Waals surface area contributed by atoms with Crippen LogP contribution in [0.4, 0.5) is 0 Å². The van der Waals surface area contributed by atoms with Crippen molar-refractivity contribution in [3.05, 3.63) is 16.1 Å². The van der Waals surface area contributed by atoms with E-state index in [1.807, 2.05) is 6.20 Å². The van der Waals surface area contributed by atoms with Crippen LogP contribution < -0.4 is 10.6 Å². The molecule has 156 valence electrons. The SMILES string of the molecule is CCCCC(CC)CNC(=NCC(=O)N(C)C)NCCc1ncc(C)s1.I. The van der Waals surface area contributed by atoms with Crippen molar-refractivity contribution in [2.45, 2.75) is 52.9 Å². The van der Waals surface area contributed by atoms with Gasteiger partial charge in [-0.15, -0.1) is 35.3 Å². The third-order valence-corrected chi connectivity index (χ3v) is 5.25. The molecule has 0 saturated carbocycles. The summed E-state index contributed by atoms with van der Waals surface area (Å²) in [5.74, 6) is 1.34. The third-order valence-electron chi connectivity index (χ3n) is 4.27. The lowest BCUT2D eigenvalue weighted by Crippen LogP contribution is -2.41. The zero-order valence-electron chi connectivity index (χ0n) is 17.4. The van der Waals surface area contributed by atoms with E-state index in [2.05, 4.69) is 41.4 Å². The van der Waals surface area contributed by atoms with Gasteiger partial charge in [-0.3, -0.25) is 4.79 Å². The summed E-state index contributed by atoms with van der Waals surface area (Å²) in [7, 11) is 3.50. The lowest BCUT2D eigenvalue weighted by Gasteiger charge is -2.18. The first-order chi connectivity index (χ1) is 12.5. The summed E-state index contributed by atoms with van der Waals surface area (Å²) in [5.41, 5.74) is 0. The maximum absolute atomic E-state index is 11.8. The number of unbranched alkanes of at least 4 members (excludes halogenated alkanes) is 1. The lowest BCUT2D eigenvalue weighted by atomic mass is 9.99. The number of amides is 1. The predicted molar refractivity (Wildman–Crippen MR) is 126 cm³/mol. The highest BCUT2D eigenvalue weighted by Gasteiger charge is 2.09. The van der Waals surface area contributed by atoms with Gasteiger partial charge in [0.25, 0.3) is 0 Å². The fourth-order valence-corrected chi connectivity index (χ4v) is 3.24. The van der Waals surface area contributed by atoms with Crippen LogP contribution in [0.1, 0.15) is 49.4 Å². The van der Waals surface area contributed by atoms with E-state index < -0.39 is 0 Å². The van der Waals surface area contributed by atoms with Gasteiger partial charge in [0.2, 0.25) is 5.91 Å². The monoisotopic (exact) mass is 509 g/mol. The third kappa shape index (κ3) is 11.5. The molecule has 0 aliphatic heterocycles. The molecule has 0 spiro atoms. The van der Waals surface area contributed by atoms with Crippen LogP contribution in [0.5, 0.6) is 0 Å². The van der Waals surface area contributed by atoms with E-state index in [0.717, 1.165) is 30.9 Å². The molecule has 1 rings (SSSR count). The predicted octanol–water partition coefficient (Wildman–Crippen LogP) is 3.45. The summed E-state index contributed by atoms with van der Waals surface area (Å²) in [6.45, 7) is 8.31. The van der Waals surface area contributed by atoms with Crippen molar-refractivity contribution in [1.29, 1.82) is 0 Å². The fourth-order valence-electron chi connectivity index (χ4n) is 2.45. The Morgan fingerprint density at radius 1 is 1.33 bits per heavy atom. The van der Waals surface area contributed by atoms with Crippen LogP contribution >= 0.6 is 35.3 Å². The number of guanidine groups is 1. The number of carbonyl (C=O) groups excluding carboxylic acids is 1. The topological polar surface area (TPSA) is 69.6 Å². The first kappa shape index (κ1) is 26.1. The second-order valence-corrected chi connectivity index (χ2v) is 8.11. The standard InChI is InChI=1S/C19H35N5OS.HI/c1-6-8-9-16(7-2)13-22-19(23-14-18(25)24(4)5)20-11-10-17-21-12-15(3)26-17;/h12,16H,6-11,13-14H2,1-5H3,(H2,20,22,23);1H. The van der Waals surface area contributed by atoms with Gasteiger partial charge < -0.3 is 15.5 Å². The van der Waals surface area contributed by atoms with E-state index in [4.69, 9.17) is 0 Å². The van der Waals surface area contributed by atoms with Gasteiger partial charge in [0.05, 0.1) is 5.01 Å². The molecule has 0 aliphatic rings. The molecule has 1 atom stereocenters. The van der Waals surface area contributed by atoms with Crippen LogP contribution in [0.2, 0.25) is 0 Å². The van der Waals surface area contributed by atoms with Crippen molar-refractivity contribution in [2.24, 2.45) is 10.9 Å². The molecule has 8 heteroatoms. The molecular weight excluding hydrogens is 473 g/mol. The Morgan fingerprint density at radius 3 is 2.63 bits per heavy atom. The van der Waals surface area contributed by atoms with Crippen LogP contribution in [0.3, 0.4) is 0 Å². The molecule has 0 bridgehead atoms. The van der Waals surface area contributed by atoms with Crippen molar-refractivity contribution < 1.29 is 4.79 Å². The van der Waals surface area contributed by atoms with Crippen LogP contribution in [0.15, 0.2) is 11.2 Å². The molecule has 6 nitrogen and oxygen atoms in total. The molecule has 27 heavy (non-hydrogen) atoms. The van der Waals surface area contributed by atoms with Gasteiger partial charge in [-0.1, -0.05) is 33.1 Å². The number of aryl methyl sites for hydroxylation is 1. The largest absolute Gasteiger partial charge is 0.356 e. The molecule has 1 unspecified atom stereocenters. The Hall–Kier alpha value is -0.900. The zero-order chi connectivity index (χ0) is 19.4. The van der Waals surface area contributed by atoms with E-state index in [9.17, 15) is 4.79 Å². The normalized spacial score (nSPS) is 12.3. The van der Waals surface area contributed by atoms with E-state index >= 15 is 0 Å². The van der Waals surface area contributed by atoms with Crippen molar-refractivity contribution >= 4 is 47.2 Å². The number of nitrogens with zero attached hydrogens (tertiary/aromatic N) is 3. The fraction of sp³-hybridized carbons (Fsp3) is 0.737. The number of hydrogen-bond acceptors (Lipinski definition) is 4. The molecular formula is C19H36IN5OS. The molecule has 0 fully saturated rings. The Bertz CT molecular complexity index is 562. The zero-order valence-corrected chi connectivity index (χ0v) is 20.5. The highest BCUT2D eigenvalue weighted by atomic mass is 127. The minimum atomic E-state index is -0.000303. The van der Waals surface area contributed by atoms with Gasteiger partial charge in [-0.05, 0) is 19.3 Å². The number of hydrogen-bond donors (Lipinski definition) is 2. The Kier molecular flexibility index (Phi) is 14.6. The Morgan fingerprint density at radius 2 is 2.07 bits per heavy atom. The van der Waals surface area contributed by atoms with Gasteiger partial charge in [0.15, 0.2) is 5.96 Å². The van der Waals surface area contributed by atoms with Gasteiger partial charge in [0, 0.05) is 44.7 Å². The van der Waals surface area contributed by atoms with E-state index in [0.29, 0.717) is 11.9 Å². The number of halogens is 1. The van der Waals surface area contributed by atoms with Crippen LogP contribution in [0.25, 0.3) is 0 Å². The van der Waals surface area contributed by atoms with Crippen LogP contribution in [-0.2, 0) is 11.2 Å². The summed E-state index contributed by atoms with van der Waals surface area (Å²) in [6, 6.07) is 0. The number of nitrogens with one attached hydrogen (secondary N) is 2. The number of aromatic nitrogens is 1.